The highest BCUT2D eigenvalue weighted by Gasteiger charge is 2.26. The van der Waals surface area contributed by atoms with Crippen LogP contribution in [0, 0.1) is 6.92 Å². The smallest absolute Gasteiger partial charge is 0.216 e. The normalized spacial score (nSPS) is 14.1. The van der Waals surface area contributed by atoms with E-state index in [1.54, 1.807) is 7.11 Å². The van der Waals surface area contributed by atoms with Crippen molar-refractivity contribution in [1.82, 2.24) is 0 Å². The Morgan fingerprint density at radius 2 is 1.83 bits per heavy atom. The van der Waals surface area contributed by atoms with Crippen LogP contribution in [0.3, 0.4) is 0 Å². The second-order valence-electron chi connectivity index (χ2n) is 7.54. The molecule has 0 spiro atoms. The van der Waals surface area contributed by atoms with Gasteiger partial charge >= 0.3 is 0 Å². The van der Waals surface area contributed by atoms with Gasteiger partial charge in [-0.05, 0) is 49.2 Å². The van der Waals surface area contributed by atoms with Gasteiger partial charge in [-0.2, -0.15) is 4.57 Å². The van der Waals surface area contributed by atoms with Gasteiger partial charge < -0.3 is 33.6 Å². The summed E-state index contributed by atoms with van der Waals surface area (Å²) >= 11 is 1.88. The van der Waals surface area contributed by atoms with Crippen LogP contribution in [-0.4, -0.2) is 13.7 Å². The predicted octanol–water partition coefficient (Wildman–Crippen LogP) is 3.18. The second kappa shape index (κ2) is 10.1. The molecule has 0 bridgehead atoms. The number of aromatic nitrogens is 1. The van der Waals surface area contributed by atoms with Crippen molar-refractivity contribution in [3.05, 3.63) is 64.8 Å². The first-order valence-electron chi connectivity index (χ1n) is 10.4. The molecule has 1 aromatic heterocycles. The van der Waals surface area contributed by atoms with Gasteiger partial charge in [0, 0.05) is 35.4 Å². The minimum absolute atomic E-state index is 0. The van der Waals surface area contributed by atoms with Crippen molar-refractivity contribution in [2.24, 2.45) is 0 Å². The fraction of sp³-hybridized carbons (Fsp3) is 0.320. The fourth-order valence-corrected chi connectivity index (χ4v) is 5.16. The lowest BCUT2D eigenvalue weighted by molar-refractivity contribution is -0.673. The Hall–Kier alpha value is -1.73. The summed E-state index contributed by atoms with van der Waals surface area (Å²) in [6, 6.07) is 17.6. The van der Waals surface area contributed by atoms with Gasteiger partial charge in [-0.15, -0.1) is 0 Å². The third-order valence-corrected chi connectivity index (χ3v) is 6.42. The van der Waals surface area contributed by atoms with E-state index in [0.717, 1.165) is 31.7 Å². The van der Waals surface area contributed by atoms with Crippen molar-refractivity contribution in [3.63, 3.8) is 0 Å². The molecule has 3 aromatic rings. The molecule has 158 valence electrons. The molecule has 0 atom stereocenters. The zero-order valence-corrected chi connectivity index (χ0v) is 21.1. The van der Waals surface area contributed by atoms with E-state index in [1.807, 2.05) is 17.8 Å². The van der Waals surface area contributed by atoms with Crippen molar-refractivity contribution in [3.8, 4) is 5.75 Å². The molecule has 0 N–H and O–H groups in total. The number of halogens is 1. The van der Waals surface area contributed by atoms with Crippen LogP contribution in [0.2, 0.25) is 0 Å². The lowest BCUT2D eigenvalue weighted by atomic mass is 10.1. The fourth-order valence-electron chi connectivity index (χ4n) is 3.93. The first kappa shape index (κ1) is 22.9. The van der Waals surface area contributed by atoms with Crippen LogP contribution in [0.4, 0.5) is 5.69 Å². The topological polar surface area (TPSA) is 16.4 Å². The number of ether oxygens (including phenoxy) is 1. The van der Waals surface area contributed by atoms with Gasteiger partial charge in [0.1, 0.15) is 12.3 Å². The maximum absolute atomic E-state index is 5.49. The summed E-state index contributed by atoms with van der Waals surface area (Å²) in [5.41, 5.74) is 5.10. The second-order valence-corrected chi connectivity index (χ2v) is 8.60. The quantitative estimate of drug-likeness (QED) is 0.359. The summed E-state index contributed by atoms with van der Waals surface area (Å²) in [4.78, 5) is 3.82. The average molecular weight is 532 g/mol. The molecule has 0 saturated carbocycles. The Kier molecular flexibility index (Phi) is 7.69. The van der Waals surface area contributed by atoms with E-state index in [-0.39, 0.29) is 24.0 Å². The summed E-state index contributed by atoms with van der Waals surface area (Å²) in [5, 5.41) is 2.55. The molecule has 30 heavy (non-hydrogen) atoms. The molecule has 0 fully saturated rings. The third-order valence-electron chi connectivity index (χ3n) is 5.33. The summed E-state index contributed by atoms with van der Waals surface area (Å²) in [6.45, 7) is 8.65. The maximum atomic E-state index is 5.49. The van der Waals surface area contributed by atoms with Crippen molar-refractivity contribution in [2.75, 3.05) is 18.6 Å². The molecule has 0 amide bonds. The number of aryl methyl sites for hydroxylation is 2. The van der Waals surface area contributed by atoms with Crippen molar-refractivity contribution in [2.45, 2.75) is 45.1 Å². The number of benzene rings is 2. The van der Waals surface area contributed by atoms with Crippen LogP contribution >= 0.6 is 11.8 Å². The highest BCUT2D eigenvalue weighted by Crippen LogP contribution is 2.46. The number of nitrogens with zero attached hydrogens (tertiary/aromatic N) is 2. The van der Waals surface area contributed by atoms with Gasteiger partial charge in [0.05, 0.1) is 23.9 Å². The molecule has 3 nitrogen and oxygen atoms in total. The molecule has 4 rings (SSSR count). The zero-order chi connectivity index (χ0) is 20.4. The first-order valence-corrected chi connectivity index (χ1v) is 11.2. The average Bonchev–Trinajstić information content (AvgIpc) is 3.05. The van der Waals surface area contributed by atoms with Crippen molar-refractivity contribution in [1.29, 1.82) is 0 Å². The van der Waals surface area contributed by atoms with E-state index in [2.05, 4.69) is 78.8 Å². The Bertz CT molecular complexity index is 1080. The van der Waals surface area contributed by atoms with Crippen molar-refractivity contribution >= 4 is 34.4 Å². The molecule has 5 heteroatoms. The predicted molar refractivity (Wildman–Crippen MR) is 124 cm³/mol. The zero-order valence-electron chi connectivity index (χ0n) is 18.1. The molecular formula is C25H29IN2OS. The van der Waals surface area contributed by atoms with E-state index < -0.39 is 0 Å². The standard InChI is InChI=1S/C25H29N2OS.HI/c1-5-13-26-20(10-8-19-9-11-21(28-4)17-23(19)26)16-25-27(14-6-2)22-12-7-18(3)15-24(22)29-25;/h7-12,15-17H,5-6,13-14H2,1-4H3;1H/q+1;/p-1. The van der Waals surface area contributed by atoms with Crippen LogP contribution in [0.15, 0.2) is 58.5 Å². The monoisotopic (exact) mass is 532 g/mol. The Balaban J connectivity index is 0.00000256. The number of hydrogen-bond acceptors (Lipinski definition) is 3. The SMILES string of the molecule is CCCN1/C(=C/c2ccc3ccc(OC)cc3[n+]2CCC)Sc2cc(C)ccc21.[I-]. The van der Waals surface area contributed by atoms with Crippen LogP contribution < -0.4 is 38.2 Å². The minimum Gasteiger partial charge on any atom is -1.00 e. The number of fused-ring (bicyclic) bond motifs is 2. The number of anilines is 1. The maximum Gasteiger partial charge on any atom is 0.216 e. The Morgan fingerprint density at radius 1 is 1.03 bits per heavy atom. The van der Waals surface area contributed by atoms with Crippen LogP contribution in [0.1, 0.15) is 37.9 Å². The van der Waals surface area contributed by atoms with E-state index >= 15 is 0 Å². The van der Waals surface area contributed by atoms with E-state index in [1.165, 1.54) is 37.8 Å². The molecule has 2 heterocycles. The molecule has 1 aliphatic rings. The Morgan fingerprint density at radius 3 is 2.57 bits per heavy atom. The molecular weight excluding hydrogens is 503 g/mol. The molecule has 0 aliphatic carbocycles. The summed E-state index contributed by atoms with van der Waals surface area (Å²) in [7, 11) is 1.73. The van der Waals surface area contributed by atoms with Crippen molar-refractivity contribution < 1.29 is 33.3 Å². The molecule has 2 aromatic carbocycles. The highest BCUT2D eigenvalue weighted by molar-refractivity contribution is 8.03. The van der Waals surface area contributed by atoms with Gasteiger partial charge in [-0.3, -0.25) is 0 Å². The van der Waals surface area contributed by atoms with Gasteiger partial charge in [-0.1, -0.05) is 31.7 Å². The molecule has 0 saturated heterocycles. The first-order chi connectivity index (χ1) is 14.1. The number of hydrogen-bond donors (Lipinski definition) is 0. The molecule has 1 aliphatic heterocycles. The van der Waals surface area contributed by atoms with E-state index in [4.69, 9.17) is 4.74 Å². The highest BCUT2D eigenvalue weighted by atomic mass is 127. The number of pyridine rings is 1. The van der Waals surface area contributed by atoms with Gasteiger partial charge in [0.15, 0.2) is 0 Å². The third kappa shape index (κ3) is 4.47. The van der Waals surface area contributed by atoms with Gasteiger partial charge in [0.2, 0.25) is 11.2 Å². The Labute approximate surface area is 201 Å². The van der Waals surface area contributed by atoms with Crippen LogP contribution in [-0.2, 0) is 6.54 Å². The van der Waals surface area contributed by atoms with E-state index in [9.17, 15) is 0 Å². The lowest BCUT2D eigenvalue weighted by Gasteiger charge is -2.19. The minimum atomic E-state index is 0. The van der Waals surface area contributed by atoms with Crippen LogP contribution in [0.25, 0.3) is 17.0 Å². The molecule has 0 radical (unpaired) electrons. The number of methoxy groups -OCH3 is 1. The molecule has 0 unspecified atom stereocenters. The van der Waals surface area contributed by atoms with Gasteiger partial charge in [-0.25, -0.2) is 0 Å². The number of rotatable bonds is 6. The van der Waals surface area contributed by atoms with Gasteiger partial charge in [0.25, 0.3) is 0 Å². The number of thioether (sulfide) groups is 1. The summed E-state index contributed by atoms with van der Waals surface area (Å²) in [5.74, 6) is 0.901. The summed E-state index contributed by atoms with van der Waals surface area (Å²) in [6.07, 6.45) is 4.56. The lowest BCUT2D eigenvalue weighted by Crippen LogP contribution is -3.00. The largest absolute Gasteiger partial charge is 1.00 e. The summed E-state index contributed by atoms with van der Waals surface area (Å²) < 4.78 is 7.91. The van der Waals surface area contributed by atoms with E-state index in [0.29, 0.717) is 0 Å². The van der Waals surface area contributed by atoms with Crippen LogP contribution in [0.5, 0.6) is 5.75 Å².